The lowest BCUT2D eigenvalue weighted by molar-refractivity contribution is 0.0901. The third kappa shape index (κ3) is 4.33. The van der Waals surface area contributed by atoms with Gasteiger partial charge in [0, 0.05) is 30.4 Å². The van der Waals surface area contributed by atoms with Gasteiger partial charge in [0.2, 0.25) is 0 Å². The van der Waals surface area contributed by atoms with Crippen LogP contribution in [0.4, 0.5) is 5.69 Å². The summed E-state index contributed by atoms with van der Waals surface area (Å²) < 4.78 is 0. The summed E-state index contributed by atoms with van der Waals surface area (Å²) in [6.45, 7) is 2.92. The molecule has 0 bridgehead atoms. The molecule has 23 heavy (non-hydrogen) atoms. The van der Waals surface area contributed by atoms with E-state index >= 15 is 0 Å². The normalized spacial score (nSPS) is 18.5. The van der Waals surface area contributed by atoms with Crippen molar-refractivity contribution in [1.29, 1.82) is 0 Å². The number of anilines is 1. The molecule has 0 aliphatic carbocycles. The van der Waals surface area contributed by atoms with E-state index in [9.17, 15) is 4.79 Å². The van der Waals surface area contributed by atoms with E-state index in [-0.39, 0.29) is 11.9 Å². The number of hydrogen-bond donors (Lipinski definition) is 2. The van der Waals surface area contributed by atoms with Gasteiger partial charge in [-0.2, -0.15) is 0 Å². The molecule has 2 aromatic rings. The van der Waals surface area contributed by atoms with Gasteiger partial charge in [0.1, 0.15) is 0 Å². The van der Waals surface area contributed by atoms with Crippen molar-refractivity contribution in [1.82, 2.24) is 10.2 Å². The molecule has 4 nitrogen and oxygen atoms in total. The van der Waals surface area contributed by atoms with Gasteiger partial charge in [0.05, 0.1) is 0 Å². The van der Waals surface area contributed by atoms with E-state index in [2.05, 4.69) is 34.5 Å². The Bertz CT molecular complexity index is 639. The predicted molar refractivity (Wildman–Crippen MR) is 93.1 cm³/mol. The van der Waals surface area contributed by atoms with Crippen LogP contribution in [-0.2, 0) is 6.54 Å². The second kappa shape index (κ2) is 7.29. The third-order valence-corrected chi connectivity index (χ3v) is 4.26. The lowest BCUT2D eigenvalue weighted by Gasteiger charge is -2.33. The van der Waals surface area contributed by atoms with Crippen molar-refractivity contribution in [3.63, 3.8) is 0 Å². The van der Waals surface area contributed by atoms with E-state index in [0.29, 0.717) is 11.3 Å². The van der Waals surface area contributed by atoms with Crippen molar-refractivity contribution in [2.45, 2.75) is 25.4 Å². The largest absolute Gasteiger partial charge is 0.399 e. The summed E-state index contributed by atoms with van der Waals surface area (Å²) in [5.41, 5.74) is 8.32. The Labute approximate surface area is 137 Å². The standard InChI is InChI=1S/C19H23N3O/c20-17-10-8-16(9-11-17)19(23)21-18-7-4-12-22(14-18)13-15-5-2-1-3-6-15/h1-3,5-6,8-11,18H,4,7,12-14,20H2,(H,21,23). The van der Waals surface area contributed by atoms with Crippen LogP contribution in [0, 0.1) is 0 Å². The zero-order valence-electron chi connectivity index (χ0n) is 13.2. The van der Waals surface area contributed by atoms with E-state index in [1.54, 1.807) is 24.3 Å². The molecule has 3 N–H and O–H groups in total. The number of rotatable bonds is 4. The maximum Gasteiger partial charge on any atom is 0.251 e. The number of carbonyl (C=O) groups is 1. The molecule has 0 saturated carbocycles. The molecule has 1 aliphatic heterocycles. The Balaban J connectivity index is 1.56. The van der Waals surface area contributed by atoms with Crippen molar-refractivity contribution in [3.05, 3.63) is 65.7 Å². The summed E-state index contributed by atoms with van der Waals surface area (Å²) in [7, 11) is 0. The highest BCUT2D eigenvalue weighted by molar-refractivity contribution is 5.94. The quantitative estimate of drug-likeness (QED) is 0.854. The van der Waals surface area contributed by atoms with Gasteiger partial charge >= 0.3 is 0 Å². The summed E-state index contributed by atoms with van der Waals surface area (Å²) in [5, 5.41) is 3.15. The molecule has 0 aromatic heterocycles. The number of likely N-dealkylation sites (tertiary alicyclic amines) is 1. The molecule has 0 radical (unpaired) electrons. The summed E-state index contributed by atoms with van der Waals surface area (Å²) >= 11 is 0. The zero-order chi connectivity index (χ0) is 16.1. The Morgan fingerprint density at radius 1 is 1.13 bits per heavy atom. The highest BCUT2D eigenvalue weighted by Crippen LogP contribution is 2.14. The molecular formula is C19H23N3O. The zero-order valence-corrected chi connectivity index (χ0v) is 13.2. The van der Waals surface area contributed by atoms with Gasteiger partial charge in [0.25, 0.3) is 5.91 Å². The molecule has 4 heteroatoms. The van der Waals surface area contributed by atoms with Crippen LogP contribution in [0.15, 0.2) is 54.6 Å². The molecule has 0 spiro atoms. The Morgan fingerprint density at radius 2 is 1.87 bits per heavy atom. The van der Waals surface area contributed by atoms with Crippen LogP contribution in [0.1, 0.15) is 28.8 Å². The summed E-state index contributed by atoms with van der Waals surface area (Å²) in [5.74, 6) is -0.0171. The highest BCUT2D eigenvalue weighted by atomic mass is 16.1. The Morgan fingerprint density at radius 3 is 2.61 bits per heavy atom. The van der Waals surface area contributed by atoms with Crippen LogP contribution in [0.5, 0.6) is 0 Å². The Hall–Kier alpha value is -2.33. The lowest BCUT2D eigenvalue weighted by atomic mass is 10.0. The number of piperidine rings is 1. The highest BCUT2D eigenvalue weighted by Gasteiger charge is 2.21. The molecule has 1 amide bonds. The van der Waals surface area contributed by atoms with Crippen LogP contribution in [-0.4, -0.2) is 29.9 Å². The van der Waals surface area contributed by atoms with Gasteiger partial charge < -0.3 is 11.1 Å². The molecule has 2 aromatic carbocycles. The van der Waals surface area contributed by atoms with Gasteiger partial charge in [-0.3, -0.25) is 9.69 Å². The molecule has 1 unspecified atom stereocenters. The molecule has 1 heterocycles. The minimum atomic E-state index is -0.0171. The van der Waals surface area contributed by atoms with Crippen LogP contribution in [0.3, 0.4) is 0 Å². The molecule has 3 rings (SSSR count). The number of nitrogens with one attached hydrogen (secondary N) is 1. The fraction of sp³-hybridized carbons (Fsp3) is 0.316. The second-order valence-corrected chi connectivity index (χ2v) is 6.16. The van der Waals surface area contributed by atoms with Crippen molar-refractivity contribution < 1.29 is 4.79 Å². The van der Waals surface area contributed by atoms with E-state index < -0.39 is 0 Å². The SMILES string of the molecule is Nc1ccc(C(=O)NC2CCCN(Cc3ccccc3)C2)cc1. The maximum absolute atomic E-state index is 12.3. The first-order valence-electron chi connectivity index (χ1n) is 8.13. The van der Waals surface area contributed by atoms with E-state index in [0.717, 1.165) is 32.5 Å². The van der Waals surface area contributed by atoms with Gasteiger partial charge in [-0.15, -0.1) is 0 Å². The molecule has 1 atom stereocenters. The monoisotopic (exact) mass is 309 g/mol. The van der Waals surface area contributed by atoms with Crippen LogP contribution >= 0.6 is 0 Å². The average molecular weight is 309 g/mol. The van der Waals surface area contributed by atoms with E-state index in [1.165, 1.54) is 5.56 Å². The number of nitrogen functional groups attached to an aromatic ring is 1. The molecular weight excluding hydrogens is 286 g/mol. The molecule has 1 aliphatic rings. The number of nitrogens with zero attached hydrogens (tertiary/aromatic N) is 1. The summed E-state index contributed by atoms with van der Waals surface area (Å²) in [6.07, 6.45) is 2.14. The first kappa shape index (κ1) is 15.6. The number of carbonyl (C=O) groups excluding carboxylic acids is 1. The number of nitrogens with two attached hydrogens (primary N) is 1. The van der Waals surface area contributed by atoms with Crippen LogP contribution < -0.4 is 11.1 Å². The van der Waals surface area contributed by atoms with Gasteiger partial charge in [0.15, 0.2) is 0 Å². The number of amides is 1. The Kier molecular flexibility index (Phi) is 4.93. The molecule has 1 saturated heterocycles. The average Bonchev–Trinajstić information content (AvgIpc) is 2.57. The minimum Gasteiger partial charge on any atom is -0.399 e. The molecule has 120 valence electrons. The smallest absolute Gasteiger partial charge is 0.251 e. The maximum atomic E-state index is 12.3. The predicted octanol–water partition coefficient (Wildman–Crippen LogP) is 2.66. The molecule has 1 fully saturated rings. The van der Waals surface area contributed by atoms with Gasteiger partial charge in [-0.25, -0.2) is 0 Å². The first-order valence-corrected chi connectivity index (χ1v) is 8.13. The fourth-order valence-corrected chi connectivity index (χ4v) is 3.06. The van der Waals surface area contributed by atoms with Crippen molar-refractivity contribution in [2.24, 2.45) is 0 Å². The van der Waals surface area contributed by atoms with E-state index in [4.69, 9.17) is 5.73 Å². The second-order valence-electron chi connectivity index (χ2n) is 6.16. The van der Waals surface area contributed by atoms with E-state index in [1.807, 2.05) is 6.07 Å². The van der Waals surface area contributed by atoms with Crippen molar-refractivity contribution in [2.75, 3.05) is 18.8 Å². The summed E-state index contributed by atoms with van der Waals surface area (Å²) in [4.78, 5) is 14.7. The van der Waals surface area contributed by atoms with Crippen LogP contribution in [0.2, 0.25) is 0 Å². The number of benzene rings is 2. The minimum absolute atomic E-state index is 0.0171. The van der Waals surface area contributed by atoms with Crippen LogP contribution in [0.25, 0.3) is 0 Å². The van der Waals surface area contributed by atoms with Gasteiger partial charge in [-0.1, -0.05) is 30.3 Å². The van der Waals surface area contributed by atoms with Crippen molar-refractivity contribution in [3.8, 4) is 0 Å². The van der Waals surface area contributed by atoms with Gasteiger partial charge in [-0.05, 0) is 49.2 Å². The lowest BCUT2D eigenvalue weighted by Crippen LogP contribution is -2.47. The number of hydrogen-bond acceptors (Lipinski definition) is 3. The topological polar surface area (TPSA) is 58.4 Å². The summed E-state index contributed by atoms with van der Waals surface area (Å²) in [6, 6.07) is 17.7. The first-order chi connectivity index (χ1) is 11.2. The van der Waals surface area contributed by atoms with Crippen molar-refractivity contribution >= 4 is 11.6 Å². The third-order valence-electron chi connectivity index (χ3n) is 4.26. The fourth-order valence-electron chi connectivity index (χ4n) is 3.06.